The van der Waals surface area contributed by atoms with Gasteiger partial charge in [-0.25, -0.2) is 0 Å². The lowest BCUT2D eigenvalue weighted by molar-refractivity contribution is -0.0504. The average molecular weight is 295 g/mol. The summed E-state index contributed by atoms with van der Waals surface area (Å²) in [5.41, 5.74) is 0.658. The minimum atomic E-state index is -2.83. The topological polar surface area (TPSA) is 45.7 Å². The highest BCUT2D eigenvalue weighted by atomic mass is 19.3. The summed E-state index contributed by atoms with van der Waals surface area (Å²) in [4.78, 5) is 4.13. The lowest BCUT2D eigenvalue weighted by Crippen LogP contribution is -2.42. The Labute approximate surface area is 122 Å². The minimum absolute atomic E-state index is 0.179. The third-order valence-corrected chi connectivity index (χ3v) is 3.21. The number of nitrogens with one attached hydrogen (secondary N) is 2. The fraction of sp³-hybridized carbons (Fsp3) is 0.400. The maximum absolute atomic E-state index is 12.4. The highest BCUT2D eigenvalue weighted by molar-refractivity contribution is 5.80. The van der Waals surface area contributed by atoms with E-state index in [1.165, 1.54) is 6.07 Å². The van der Waals surface area contributed by atoms with Crippen LogP contribution in [0.2, 0.25) is 0 Å². The van der Waals surface area contributed by atoms with Crippen molar-refractivity contribution in [3.8, 4) is 5.75 Å². The number of guanidine groups is 1. The number of ether oxygens (including phenoxy) is 1. The number of para-hydroxylation sites is 1. The summed E-state index contributed by atoms with van der Waals surface area (Å²) in [6.07, 6.45) is 6.17. The normalized spacial score (nSPS) is 15.5. The predicted octanol–water partition coefficient (Wildman–Crippen LogP) is 2.67. The van der Waals surface area contributed by atoms with Crippen molar-refractivity contribution in [3.63, 3.8) is 0 Å². The second kappa shape index (κ2) is 7.61. The van der Waals surface area contributed by atoms with Crippen molar-refractivity contribution in [2.75, 3.05) is 7.05 Å². The Hall–Kier alpha value is -2.11. The first kappa shape index (κ1) is 15.3. The van der Waals surface area contributed by atoms with E-state index in [2.05, 4.69) is 32.5 Å². The molecular formula is C15H19F2N3O. The number of alkyl halides is 2. The molecule has 4 nitrogen and oxygen atoms in total. The van der Waals surface area contributed by atoms with Gasteiger partial charge >= 0.3 is 6.61 Å². The van der Waals surface area contributed by atoms with Crippen LogP contribution in [0.1, 0.15) is 18.4 Å². The summed E-state index contributed by atoms with van der Waals surface area (Å²) in [6.45, 7) is -2.46. The van der Waals surface area contributed by atoms with Gasteiger partial charge in [-0.3, -0.25) is 4.99 Å². The van der Waals surface area contributed by atoms with Gasteiger partial charge in [0.2, 0.25) is 0 Å². The van der Waals surface area contributed by atoms with Crippen LogP contribution in [0, 0.1) is 0 Å². The molecule has 0 unspecified atom stereocenters. The molecular weight excluding hydrogens is 276 g/mol. The number of hydrogen-bond acceptors (Lipinski definition) is 2. The number of halogens is 2. The standard InChI is InChI=1S/C15H19F2N3O/c1-18-15(20-12-7-3-4-8-12)19-10-11-6-2-5-9-13(11)21-14(16)17/h2-6,9,12,14H,7-8,10H2,1H3,(H2,18,19,20). The lowest BCUT2D eigenvalue weighted by Gasteiger charge is -2.18. The fourth-order valence-electron chi connectivity index (χ4n) is 2.16. The molecule has 0 radical (unpaired) electrons. The van der Waals surface area contributed by atoms with E-state index >= 15 is 0 Å². The van der Waals surface area contributed by atoms with E-state index in [4.69, 9.17) is 0 Å². The first-order valence-electron chi connectivity index (χ1n) is 6.84. The van der Waals surface area contributed by atoms with Crippen LogP contribution < -0.4 is 15.4 Å². The van der Waals surface area contributed by atoms with Gasteiger partial charge in [-0.2, -0.15) is 8.78 Å². The van der Waals surface area contributed by atoms with Crippen LogP contribution in [0.25, 0.3) is 0 Å². The van der Waals surface area contributed by atoms with E-state index in [1.807, 2.05) is 0 Å². The Morgan fingerprint density at radius 2 is 2.05 bits per heavy atom. The van der Waals surface area contributed by atoms with Gasteiger partial charge in [0.05, 0.1) is 0 Å². The van der Waals surface area contributed by atoms with Crippen LogP contribution in [-0.4, -0.2) is 25.7 Å². The molecule has 0 saturated heterocycles. The summed E-state index contributed by atoms with van der Waals surface area (Å²) in [5.74, 6) is 0.827. The van der Waals surface area contributed by atoms with Crippen molar-refractivity contribution in [2.45, 2.75) is 32.0 Å². The van der Waals surface area contributed by atoms with E-state index in [0.29, 0.717) is 24.1 Å². The van der Waals surface area contributed by atoms with Crippen LogP contribution in [-0.2, 0) is 6.54 Å². The molecule has 0 heterocycles. The zero-order valence-corrected chi connectivity index (χ0v) is 11.9. The molecule has 0 aromatic heterocycles. The summed E-state index contributed by atoms with van der Waals surface area (Å²) in [7, 11) is 1.68. The van der Waals surface area contributed by atoms with Crippen LogP contribution in [0.3, 0.4) is 0 Å². The molecule has 1 aromatic rings. The van der Waals surface area contributed by atoms with Crippen molar-refractivity contribution in [1.29, 1.82) is 0 Å². The van der Waals surface area contributed by atoms with Crippen molar-refractivity contribution < 1.29 is 13.5 Å². The smallest absolute Gasteiger partial charge is 0.387 e. The van der Waals surface area contributed by atoms with Crippen molar-refractivity contribution >= 4 is 5.96 Å². The molecule has 1 aromatic carbocycles. The SMILES string of the molecule is CN=C(NCc1ccccc1OC(F)F)NC1CC=CC1. The van der Waals surface area contributed by atoms with Crippen molar-refractivity contribution in [3.05, 3.63) is 42.0 Å². The summed E-state index contributed by atoms with van der Waals surface area (Å²) < 4.78 is 29.2. The highest BCUT2D eigenvalue weighted by Gasteiger charge is 2.13. The largest absolute Gasteiger partial charge is 0.434 e. The molecule has 0 aliphatic heterocycles. The first-order valence-corrected chi connectivity index (χ1v) is 6.84. The van der Waals surface area contributed by atoms with Gasteiger partial charge in [0, 0.05) is 25.2 Å². The molecule has 21 heavy (non-hydrogen) atoms. The quantitative estimate of drug-likeness (QED) is 0.499. The number of hydrogen-bond donors (Lipinski definition) is 2. The predicted molar refractivity (Wildman–Crippen MR) is 78.6 cm³/mol. The Bertz CT molecular complexity index is 509. The van der Waals surface area contributed by atoms with Gasteiger partial charge in [0.15, 0.2) is 5.96 Å². The van der Waals surface area contributed by atoms with E-state index in [9.17, 15) is 8.78 Å². The molecule has 0 fully saturated rings. The van der Waals surface area contributed by atoms with Gasteiger partial charge in [0.1, 0.15) is 5.75 Å². The molecule has 0 atom stereocenters. The van der Waals surface area contributed by atoms with Crippen molar-refractivity contribution in [1.82, 2.24) is 10.6 Å². The Morgan fingerprint density at radius 3 is 2.71 bits per heavy atom. The highest BCUT2D eigenvalue weighted by Crippen LogP contribution is 2.19. The molecule has 2 rings (SSSR count). The van der Waals surface area contributed by atoms with Gasteiger partial charge < -0.3 is 15.4 Å². The summed E-state index contributed by atoms with van der Waals surface area (Å²) in [5, 5.41) is 6.40. The molecule has 0 spiro atoms. The van der Waals surface area contributed by atoms with Crippen molar-refractivity contribution in [2.24, 2.45) is 4.99 Å². The maximum Gasteiger partial charge on any atom is 0.387 e. The minimum Gasteiger partial charge on any atom is -0.434 e. The Balaban J connectivity index is 1.91. The molecule has 2 N–H and O–H groups in total. The second-order valence-electron chi connectivity index (χ2n) is 4.70. The van der Waals surface area contributed by atoms with Crippen LogP contribution >= 0.6 is 0 Å². The lowest BCUT2D eigenvalue weighted by atomic mass is 10.2. The molecule has 114 valence electrons. The van der Waals surface area contributed by atoms with Crippen LogP contribution in [0.15, 0.2) is 41.4 Å². The zero-order valence-electron chi connectivity index (χ0n) is 11.9. The molecule has 0 saturated carbocycles. The number of rotatable bonds is 5. The molecule has 6 heteroatoms. The van der Waals surface area contributed by atoms with Gasteiger partial charge in [-0.1, -0.05) is 30.4 Å². The number of aliphatic imine (C=N–C) groups is 1. The molecule has 1 aliphatic rings. The van der Waals surface area contributed by atoms with Gasteiger partial charge in [-0.15, -0.1) is 0 Å². The Kier molecular flexibility index (Phi) is 5.54. The van der Waals surface area contributed by atoms with Gasteiger partial charge in [-0.05, 0) is 18.9 Å². The van der Waals surface area contributed by atoms with Crippen LogP contribution in [0.4, 0.5) is 8.78 Å². The third kappa shape index (κ3) is 4.73. The molecule has 1 aliphatic carbocycles. The fourth-order valence-corrected chi connectivity index (χ4v) is 2.16. The Morgan fingerprint density at radius 1 is 1.33 bits per heavy atom. The van der Waals surface area contributed by atoms with Gasteiger partial charge in [0.25, 0.3) is 0 Å². The number of benzene rings is 1. The van der Waals surface area contributed by atoms with E-state index in [0.717, 1.165) is 12.8 Å². The van der Waals surface area contributed by atoms with E-state index in [1.54, 1.807) is 25.2 Å². The third-order valence-electron chi connectivity index (χ3n) is 3.21. The maximum atomic E-state index is 12.4. The molecule has 0 bridgehead atoms. The van der Waals surface area contributed by atoms with E-state index < -0.39 is 6.61 Å². The summed E-state index contributed by atoms with van der Waals surface area (Å²) >= 11 is 0. The first-order chi connectivity index (χ1) is 10.2. The average Bonchev–Trinajstić information content (AvgIpc) is 2.97. The molecule has 0 amide bonds. The van der Waals surface area contributed by atoms with Crippen LogP contribution in [0.5, 0.6) is 5.75 Å². The summed E-state index contributed by atoms with van der Waals surface area (Å²) in [6, 6.07) is 7.06. The second-order valence-corrected chi connectivity index (χ2v) is 4.70. The van der Waals surface area contributed by atoms with E-state index in [-0.39, 0.29) is 5.75 Å². The monoisotopic (exact) mass is 295 g/mol. The number of nitrogens with zero attached hydrogens (tertiary/aromatic N) is 1. The zero-order chi connectivity index (χ0) is 15.1.